The van der Waals surface area contributed by atoms with Crippen molar-refractivity contribution in [1.82, 2.24) is 4.98 Å². The summed E-state index contributed by atoms with van der Waals surface area (Å²) in [5, 5.41) is 8.96. The average Bonchev–Trinajstić information content (AvgIpc) is 2.70. The second kappa shape index (κ2) is 4.19. The largest absolute Gasteiger partial charge is 0.478 e. The van der Waals surface area contributed by atoms with Gasteiger partial charge in [0.1, 0.15) is 0 Å². The van der Waals surface area contributed by atoms with Gasteiger partial charge < -0.3 is 5.11 Å². The summed E-state index contributed by atoms with van der Waals surface area (Å²) in [5.41, 5.74) is 1.00. The van der Waals surface area contributed by atoms with Gasteiger partial charge in [0.2, 0.25) is 10.0 Å². The van der Waals surface area contributed by atoms with E-state index in [1.54, 1.807) is 20.8 Å². The predicted molar refractivity (Wildman–Crippen MR) is 70.9 cm³/mol. The summed E-state index contributed by atoms with van der Waals surface area (Å²) in [5.74, 6) is -1.12. The first-order valence-electron chi connectivity index (χ1n) is 5.89. The minimum atomic E-state index is -3.53. The Morgan fingerprint density at radius 3 is 2.58 bits per heavy atom. The highest BCUT2D eigenvalue weighted by Crippen LogP contribution is 2.33. The number of sulfonamides is 1. The van der Waals surface area contributed by atoms with Crippen LogP contribution in [0.4, 0.5) is 5.69 Å². The molecule has 6 nitrogen and oxygen atoms in total. The number of pyridine rings is 1. The fraction of sp³-hybridized carbons (Fsp3) is 0.500. The van der Waals surface area contributed by atoms with Gasteiger partial charge in [-0.3, -0.25) is 9.29 Å². The van der Waals surface area contributed by atoms with Gasteiger partial charge in [-0.15, -0.1) is 0 Å². The normalized spacial score (nSPS) is 15.4. The molecule has 0 atom stereocenters. The fourth-order valence-electron chi connectivity index (χ4n) is 1.92. The van der Waals surface area contributed by atoms with E-state index in [0.717, 1.165) is 0 Å². The second-order valence-corrected chi connectivity index (χ2v) is 8.05. The van der Waals surface area contributed by atoms with Crippen LogP contribution in [0, 0.1) is 0 Å². The smallest absolute Gasteiger partial charge is 0.337 e. The molecule has 2 heterocycles. The van der Waals surface area contributed by atoms with Gasteiger partial charge in [0.25, 0.3) is 0 Å². The molecular formula is C12H16N2O4S. The SMILES string of the molecule is CC(C)(C)S(=O)(=O)N1CCc2ncc(C(=O)O)cc21. The van der Waals surface area contributed by atoms with E-state index in [-0.39, 0.29) is 5.56 Å². The number of rotatable bonds is 2. The highest BCUT2D eigenvalue weighted by atomic mass is 32.2. The average molecular weight is 284 g/mol. The molecule has 0 unspecified atom stereocenters. The Hall–Kier alpha value is -1.63. The molecule has 0 saturated heterocycles. The number of hydrogen-bond donors (Lipinski definition) is 1. The van der Waals surface area contributed by atoms with E-state index in [0.29, 0.717) is 24.3 Å². The lowest BCUT2D eigenvalue weighted by molar-refractivity contribution is 0.0696. The highest BCUT2D eigenvalue weighted by molar-refractivity contribution is 7.94. The van der Waals surface area contributed by atoms with Crippen molar-refractivity contribution >= 4 is 21.7 Å². The molecule has 104 valence electrons. The number of aromatic nitrogens is 1. The molecule has 0 amide bonds. The third-order valence-corrected chi connectivity index (χ3v) is 5.59. The highest BCUT2D eigenvalue weighted by Gasteiger charge is 2.39. The van der Waals surface area contributed by atoms with Gasteiger partial charge in [0.15, 0.2) is 0 Å². The maximum Gasteiger partial charge on any atom is 0.337 e. The van der Waals surface area contributed by atoms with E-state index >= 15 is 0 Å². The second-order valence-electron chi connectivity index (χ2n) is 5.43. The number of fused-ring (bicyclic) bond motifs is 1. The van der Waals surface area contributed by atoms with E-state index in [4.69, 9.17) is 5.11 Å². The van der Waals surface area contributed by atoms with Crippen molar-refractivity contribution in [3.05, 3.63) is 23.5 Å². The summed E-state index contributed by atoms with van der Waals surface area (Å²) in [6.07, 6.45) is 1.76. The van der Waals surface area contributed by atoms with Crippen molar-refractivity contribution in [3.8, 4) is 0 Å². The Balaban J connectivity index is 2.53. The summed E-state index contributed by atoms with van der Waals surface area (Å²) in [6, 6.07) is 1.38. The lowest BCUT2D eigenvalue weighted by atomic mass is 10.2. The molecular weight excluding hydrogens is 268 g/mol. The van der Waals surface area contributed by atoms with Gasteiger partial charge in [-0.25, -0.2) is 13.2 Å². The van der Waals surface area contributed by atoms with E-state index in [2.05, 4.69) is 4.98 Å². The summed E-state index contributed by atoms with van der Waals surface area (Å²) in [7, 11) is -3.53. The maximum atomic E-state index is 12.4. The minimum Gasteiger partial charge on any atom is -0.478 e. The summed E-state index contributed by atoms with van der Waals surface area (Å²) >= 11 is 0. The van der Waals surface area contributed by atoms with Gasteiger partial charge in [-0.2, -0.15) is 0 Å². The van der Waals surface area contributed by atoms with Crippen LogP contribution >= 0.6 is 0 Å². The van der Waals surface area contributed by atoms with E-state index in [1.165, 1.54) is 16.6 Å². The van der Waals surface area contributed by atoms with Crippen LogP contribution in [-0.2, 0) is 16.4 Å². The van der Waals surface area contributed by atoms with Crippen LogP contribution in [0.5, 0.6) is 0 Å². The molecule has 19 heavy (non-hydrogen) atoms. The molecule has 0 radical (unpaired) electrons. The van der Waals surface area contributed by atoms with E-state index in [9.17, 15) is 13.2 Å². The minimum absolute atomic E-state index is 0.00485. The number of carbonyl (C=O) groups is 1. The first-order valence-corrected chi connectivity index (χ1v) is 7.33. The molecule has 7 heteroatoms. The first kappa shape index (κ1) is 13.8. The molecule has 0 aromatic carbocycles. The van der Waals surface area contributed by atoms with Crippen molar-refractivity contribution < 1.29 is 18.3 Å². The monoisotopic (exact) mass is 284 g/mol. The summed E-state index contributed by atoms with van der Waals surface area (Å²) in [4.78, 5) is 15.0. The van der Waals surface area contributed by atoms with Crippen molar-refractivity contribution in [3.63, 3.8) is 0 Å². The Morgan fingerprint density at radius 2 is 2.05 bits per heavy atom. The van der Waals surface area contributed by atoms with Gasteiger partial charge in [0, 0.05) is 19.2 Å². The zero-order chi connectivity index (χ0) is 14.4. The molecule has 0 fully saturated rings. The van der Waals surface area contributed by atoms with Crippen LogP contribution in [0.1, 0.15) is 36.8 Å². The maximum absolute atomic E-state index is 12.4. The molecule has 2 rings (SSSR count). The third kappa shape index (κ3) is 2.18. The quantitative estimate of drug-likeness (QED) is 0.883. The first-order chi connectivity index (χ1) is 8.64. The van der Waals surface area contributed by atoms with Crippen molar-refractivity contribution in [2.75, 3.05) is 10.8 Å². The number of nitrogens with zero attached hydrogens (tertiary/aromatic N) is 2. The Bertz CT molecular complexity index is 632. The standard InChI is InChI=1S/C12H16N2O4S/c1-12(2,3)19(17,18)14-5-4-9-10(14)6-8(7-13-9)11(15)16/h6-7H,4-5H2,1-3H3,(H,15,16). The topological polar surface area (TPSA) is 87.6 Å². The molecule has 0 saturated carbocycles. The molecule has 0 aliphatic carbocycles. The number of carboxylic acids is 1. The molecule has 1 aliphatic heterocycles. The zero-order valence-electron chi connectivity index (χ0n) is 11.0. The number of hydrogen-bond acceptors (Lipinski definition) is 4. The van der Waals surface area contributed by atoms with Gasteiger partial charge >= 0.3 is 5.97 Å². The van der Waals surface area contributed by atoms with Crippen molar-refractivity contribution in [1.29, 1.82) is 0 Å². The lowest BCUT2D eigenvalue weighted by Gasteiger charge is -2.28. The van der Waals surface area contributed by atoms with Crippen LogP contribution in [0.2, 0.25) is 0 Å². The van der Waals surface area contributed by atoms with Gasteiger partial charge in [-0.05, 0) is 26.8 Å². The van der Waals surface area contributed by atoms with Crippen LogP contribution in [0.15, 0.2) is 12.3 Å². The van der Waals surface area contributed by atoms with Crippen LogP contribution in [0.25, 0.3) is 0 Å². The molecule has 0 bridgehead atoms. The molecule has 1 aliphatic rings. The molecule has 0 spiro atoms. The van der Waals surface area contributed by atoms with E-state index in [1.807, 2.05) is 0 Å². The summed E-state index contributed by atoms with van der Waals surface area (Å²) in [6.45, 7) is 5.17. The third-order valence-electron chi connectivity index (χ3n) is 3.08. The lowest BCUT2D eigenvalue weighted by Crippen LogP contribution is -2.42. The zero-order valence-corrected chi connectivity index (χ0v) is 11.9. The number of aromatic carboxylic acids is 1. The van der Waals surface area contributed by atoms with E-state index < -0.39 is 20.7 Å². The fourth-order valence-corrected chi connectivity index (χ4v) is 3.32. The Morgan fingerprint density at radius 1 is 1.42 bits per heavy atom. The van der Waals surface area contributed by atoms with Crippen molar-refractivity contribution in [2.45, 2.75) is 31.9 Å². The number of anilines is 1. The van der Waals surface area contributed by atoms with Gasteiger partial charge in [0.05, 0.1) is 21.7 Å². The van der Waals surface area contributed by atoms with Crippen LogP contribution in [0.3, 0.4) is 0 Å². The molecule has 1 aromatic rings. The predicted octanol–water partition coefficient (Wildman–Crippen LogP) is 1.27. The van der Waals surface area contributed by atoms with Gasteiger partial charge in [-0.1, -0.05) is 0 Å². The molecule has 1 aromatic heterocycles. The van der Waals surface area contributed by atoms with Crippen LogP contribution in [-0.4, -0.2) is 35.8 Å². The van der Waals surface area contributed by atoms with Crippen LogP contribution < -0.4 is 4.31 Å². The Kier molecular flexibility index (Phi) is 3.04. The Labute approximate surface area is 112 Å². The summed E-state index contributed by atoms with van der Waals surface area (Å²) < 4.78 is 25.2. The van der Waals surface area contributed by atoms with Crippen molar-refractivity contribution in [2.24, 2.45) is 0 Å². The number of carboxylic acid groups (broad SMARTS) is 1. The molecule has 1 N–H and O–H groups in total.